The highest BCUT2D eigenvalue weighted by molar-refractivity contribution is 6.22. The van der Waals surface area contributed by atoms with Crippen molar-refractivity contribution < 1.29 is 26.7 Å². The summed E-state index contributed by atoms with van der Waals surface area (Å²) in [6.07, 6.45) is 0. The van der Waals surface area contributed by atoms with Crippen LogP contribution in [0.4, 0.5) is 0 Å². The van der Waals surface area contributed by atoms with Crippen molar-refractivity contribution in [1.82, 2.24) is 0 Å². The predicted octanol–water partition coefficient (Wildman–Crippen LogP) is 9.97. The van der Waals surface area contributed by atoms with Crippen LogP contribution in [0.1, 0.15) is 17.8 Å². The molecular weight excluding hydrogens is 440 g/mol. The SMILES string of the molecule is [2H]c1c([2H])c([2H])c(-c2c3c([2H])c([2H])c([2H])c([2H])c3c(-c3cc4ccc5c6ccccc6oc5c4o3)c3c([2H])c([2H])c([2H])c([2H])c23)c([2H])c1[2H]. The Morgan fingerprint density at radius 2 is 1.14 bits per heavy atom. The Labute approximate surface area is 225 Å². The first-order valence-electron chi connectivity index (χ1n) is 17.6. The molecule has 0 amide bonds. The minimum Gasteiger partial charge on any atom is -0.452 e. The number of para-hydroxylation sites is 1. The molecule has 0 unspecified atom stereocenters. The number of rotatable bonds is 2. The summed E-state index contributed by atoms with van der Waals surface area (Å²) in [5, 5.41) is 1.09. The van der Waals surface area contributed by atoms with Crippen LogP contribution in [-0.4, -0.2) is 0 Å². The van der Waals surface area contributed by atoms with Gasteiger partial charge in [0.05, 0.1) is 17.8 Å². The molecule has 8 aromatic rings. The van der Waals surface area contributed by atoms with Gasteiger partial charge in [0, 0.05) is 21.7 Å². The Bertz CT molecular complexity index is 2710. The first kappa shape index (κ1) is 10.8. The smallest absolute Gasteiger partial charge is 0.178 e. The lowest BCUT2D eigenvalue weighted by atomic mass is 9.87. The van der Waals surface area contributed by atoms with Crippen LogP contribution in [0.3, 0.4) is 0 Å². The first-order chi connectivity index (χ1) is 23.3. The number of hydrogen-bond donors (Lipinski definition) is 0. The summed E-state index contributed by atoms with van der Waals surface area (Å²) >= 11 is 0. The molecule has 6 aromatic carbocycles. The van der Waals surface area contributed by atoms with Gasteiger partial charge in [-0.1, -0.05) is 103 Å². The Kier molecular flexibility index (Phi) is 2.21. The van der Waals surface area contributed by atoms with Crippen LogP contribution in [0.5, 0.6) is 0 Å². The second kappa shape index (κ2) is 7.34. The van der Waals surface area contributed by atoms with Gasteiger partial charge >= 0.3 is 0 Å². The highest BCUT2D eigenvalue weighted by Gasteiger charge is 2.20. The van der Waals surface area contributed by atoms with Crippen LogP contribution in [0.2, 0.25) is 0 Å². The highest BCUT2D eigenvalue weighted by atomic mass is 16.4. The van der Waals surface area contributed by atoms with E-state index in [9.17, 15) is 0 Å². The van der Waals surface area contributed by atoms with Crippen molar-refractivity contribution >= 4 is 54.5 Å². The molecule has 0 radical (unpaired) electrons. The number of hydrogen-bond acceptors (Lipinski definition) is 2. The zero-order valence-electron chi connectivity index (χ0n) is 31.4. The molecule has 2 aromatic heterocycles. The molecule has 2 heterocycles. The quantitative estimate of drug-likeness (QED) is 0.233. The van der Waals surface area contributed by atoms with Crippen LogP contribution in [0.15, 0.2) is 130 Å². The van der Waals surface area contributed by atoms with Gasteiger partial charge in [0.25, 0.3) is 0 Å². The molecule has 0 fully saturated rings. The van der Waals surface area contributed by atoms with Gasteiger partial charge in [0.2, 0.25) is 0 Å². The van der Waals surface area contributed by atoms with Crippen molar-refractivity contribution in [3.8, 4) is 22.5 Å². The number of benzene rings is 6. The van der Waals surface area contributed by atoms with Crippen molar-refractivity contribution in [3.63, 3.8) is 0 Å². The standard InChI is InChI=1S/C34H20O2/c1-2-10-21(11-3-1)31-24-13-4-6-15-26(24)32(27-16-7-5-14-25(27)31)30-20-22-18-19-28-23-12-8-9-17-29(23)35-34(28)33(22)36-30/h1-20H/i1D,2D,3D,4D,5D,6D,7D,10D,11D,13D,14D,15D,16D. The van der Waals surface area contributed by atoms with E-state index in [1.807, 2.05) is 24.3 Å². The monoisotopic (exact) mass is 473 g/mol. The van der Waals surface area contributed by atoms with E-state index < -0.39 is 84.1 Å². The maximum atomic E-state index is 9.09. The van der Waals surface area contributed by atoms with Gasteiger partial charge in [0.15, 0.2) is 11.2 Å². The fraction of sp³-hybridized carbons (Fsp3) is 0. The maximum absolute atomic E-state index is 9.09. The van der Waals surface area contributed by atoms with Crippen molar-refractivity contribution in [2.45, 2.75) is 0 Å². The second-order valence-corrected chi connectivity index (χ2v) is 8.32. The third kappa shape index (κ3) is 2.67. The van der Waals surface area contributed by atoms with Gasteiger partial charge in [-0.2, -0.15) is 0 Å². The van der Waals surface area contributed by atoms with E-state index in [4.69, 9.17) is 26.7 Å². The molecule has 0 atom stereocenters. The third-order valence-corrected chi connectivity index (χ3v) is 6.40. The Hall–Kier alpha value is -4.82. The van der Waals surface area contributed by atoms with E-state index in [1.54, 1.807) is 18.2 Å². The first-order valence-corrected chi connectivity index (χ1v) is 11.1. The van der Waals surface area contributed by atoms with E-state index in [0.717, 1.165) is 10.8 Å². The Morgan fingerprint density at radius 1 is 0.500 bits per heavy atom. The molecule has 0 saturated carbocycles. The molecule has 0 spiro atoms. The van der Waals surface area contributed by atoms with Crippen LogP contribution in [0.25, 0.3) is 76.9 Å². The Morgan fingerprint density at radius 3 is 1.86 bits per heavy atom. The fourth-order valence-electron chi connectivity index (χ4n) is 4.90. The molecule has 0 saturated heterocycles. The number of furan rings is 2. The second-order valence-electron chi connectivity index (χ2n) is 8.32. The normalized spacial score (nSPS) is 16.9. The van der Waals surface area contributed by atoms with Crippen molar-refractivity contribution in [1.29, 1.82) is 0 Å². The van der Waals surface area contributed by atoms with Gasteiger partial charge in [-0.3, -0.25) is 0 Å². The zero-order chi connectivity index (χ0) is 35.0. The van der Waals surface area contributed by atoms with E-state index in [-0.39, 0.29) is 38.4 Å². The van der Waals surface area contributed by atoms with Crippen molar-refractivity contribution in [2.24, 2.45) is 0 Å². The molecule has 168 valence electrons. The summed E-state index contributed by atoms with van der Waals surface area (Å²) in [7, 11) is 0. The van der Waals surface area contributed by atoms with E-state index in [0.29, 0.717) is 22.1 Å². The highest BCUT2D eigenvalue weighted by Crippen LogP contribution is 2.45. The van der Waals surface area contributed by atoms with Crippen molar-refractivity contribution in [2.75, 3.05) is 0 Å². The fourth-order valence-corrected chi connectivity index (χ4v) is 4.90. The summed E-state index contributed by atoms with van der Waals surface area (Å²) < 4.78 is 126. The topological polar surface area (TPSA) is 26.3 Å². The molecule has 2 nitrogen and oxygen atoms in total. The van der Waals surface area contributed by atoms with Gasteiger partial charge in [-0.15, -0.1) is 0 Å². The summed E-state index contributed by atoms with van der Waals surface area (Å²) in [4.78, 5) is 0. The van der Waals surface area contributed by atoms with E-state index in [2.05, 4.69) is 0 Å². The summed E-state index contributed by atoms with van der Waals surface area (Å²) in [5.41, 5.74) is 0.391. The number of fused-ring (bicyclic) bond motifs is 7. The third-order valence-electron chi connectivity index (χ3n) is 6.40. The van der Waals surface area contributed by atoms with Crippen molar-refractivity contribution in [3.05, 3.63) is 121 Å². The van der Waals surface area contributed by atoms with E-state index >= 15 is 0 Å². The van der Waals surface area contributed by atoms with Gasteiger partial charge in [0.1, 0.15) is 11.3 Å². The lowest BCUT2D eigenvalue weighted by molar-refractivity contribution is 0.612. The molecule has 0 bridgehead atoms. The van der Waals surface area contributed by atoms with E-state index in [1.165, 1.54) is 0 Å². The maximum Gasteiger partial charge on any atom is 0.178 e. The average Bonchev–Trinajstić information content (AvgIpc) is 3.70. The largest absolute Gasteiger partial charge is 0.452 e. The van der Waals surface area contributed by atoms with Gasteiger partial charge in [-0.25, -0.2) is 0 Å². The lowest BCUT2D eigenvalue weighted by Crippen LogP contribution is -1.89. The molecule has 8 rings (SSSR count). The minimum absolute atomic E-state index is 0.000582. The van der Waals surface area contributed by atoms with Gasteiger partial charge in [-0.05, 0) is 50.9 Å². The molecule has 36 heavy (non-hydrogen) atoms. The zero-order valence-corrected chi connectivity index (χ0v) is 18.4. The average molecular weight is 474 g/mol. The van der Waals surface area contributed by atoms with Crippen LogP contribution in [0, 0.1) is 0 Å². The minimum atomic E-state index is -0.727. The van der Waals surface area contributed by atoms with Crippen LogP contribution < -0.4 is 0 Å². The molecular formula is C34H20O2. The molecule has 0 aliphatic heterocycles. The summed E-state index contributed by atoms with van der Waals surface area (Å²) in [6, 6.07) is 3.91. The summed E-state index contributed by atoms with van der Waals surface area (Å²) in [6.45, 7) is 0. The Balaban J connectivity index is 1.67. The lowest BCUT2D eigenvalue weighted by Gasteiger charge is -2.16. The molecule has 0 aliphatic rings. The van der Waals surface area contributed by atoms with Gasteiger partial charge < -0.3 is 8.83 Å². The molecule has 2 heteroatoms. The summed E-state index contributed by atoms with van der Waals surface area (Å²) in [5.74, 6) is 0.000582. The molecule has 0 aliphatic carbocycles. The van der Waals surface area contributed by atoms with Crippen LogP contribution >= 0.6 is 0 Å². The van der Waals surface area contributed by atoms with Crippen LogP contribution in [-0.2, 0) is 0 Å². The molecule has 0 N–H and O–H groups in total. The predicted molar refractivity (Wildman–Crippen MR) is 149 cm³/mol.